The second-order valence-electron chi connectivity index (χ2n) is 5.16. The molecule has 0 atom stereocenters. The normalized spacial score (nSPS) is 11.2. The van der Waals surface area contributed by atoms with Gasteiger partial charge in [-0.2, -0.15) is 13.9 Å². The van der Waals surface area contributed by atoms with Crippen LogP contribution >= 0.6 is 0 Å². The van der Waals surface area contributed by atoms with Crippen LogP contribution in [0, 0.1) is 5.82 Å². The smallest absolute Gasteiger partial charge is 0.387 e. The van der Waals surface area contributed by atoms with E-state index in [0.29, 0.717) is 22.2 Å². The molecule has 1 aromatic carbocycles. The maximum atomic E-state index is 13.5. The van der Waals surface area contributed by atoms with Crippen molar-refractivity contribution in [2.24, 2.45) is 0 Å². The van der Waals surface area contributed by atoms with Crippen molar-refractivity contribution >= 4 is 16.8 Å². The first-order valence-corrected chi connectivity index (χ1v) is 7.00. The zero-order valence-corrected chi connectivity index (χ0v) is 12.5. The number of Topliss-reactive ketones (excluding diaryl/α,β-unsaturated/α-hetero) is 1. The van der Waals surface area contributed by atoms with Crippen molar-refractivity contribution in [1.29, 1.82) is 0 Å². The first-order chi connectivity index (χ1) is 11.4. The summed E-state index contributed by atoms with van der Waals surface area (Å²) in [6.45, 7) is -1.58. The lowest BCUT2D eigenvalue weighted by molar-refractivity contribution is -0.117. The Morgan fingerprint density at radius 1 is 1.25 bits per heavy atom. The zero-order valence-electron chi connectivity index (χ0n) is 12.5. The number of ether oxygens (including phenoxy) is 1. The summed E-state index contributed by atoms with van der Waals surface area (Å²) in [5, 5.41) is 4.09. The Bertz CT molecular complexity index is 909. The van der Waals surface area contributed by atoms with Gasteiger partial charge in [0.15, 0.2) is 17.3 Å². The molecule has 0 unspecified atom stereocenters. The van der Waals surface area contributed by atoms with Gasteiger partial charge in [-0.05, 0) is 30.7 Å². The maximum absolute atomic E-state index is 13.5. The number of rotatable bonds is 5. The standard InChI is InChI=1S/C16H12F3N3O2/c1-9(23)8-22-14-4-11(6-20-13(14)7-21-22)10-2-3-12(17)15(5-10)24-16(18)19/h2-7,16H,8H2,1H3. The van der Waals surface area contributed by atoms with Crippen molar-refractivity contribution < 1.29 is 22.7 Å². The molecule has 0 aliphatic carbocycles. The number of hydrogen-bond acceptors (Lipinski definition) is 4. The van der Waals surface area contributed by atoms with Crippen LogP contribution in [0.5, 0.6) is 5.75 Å². The first kappa shape index (κ1) is 16.0. The van der Waals surface area contributed by atoms with Gasteiger partial charge in [0.25, 0.3) is 0 Å². The monoisotopic (exact) mass is 335 g/mol. The Hall–Kier alpha value is -2.90. The van der Waals surface area contributed by atoms with E-state index in [4.69, 9.17) is 0 Å². The number of halogens is 3. The van der Waals surface area contributed by atoms with Crippen molar-refractivity contribution in [2.45, 2.75) is 20.1 Å². The van der Waals surface area contributed by atoms with E-state index in [9.17, 15) is 18.0 Å². The maximum Gasteiger partial charge on any atom is 0.387 e. The SMILES string of the molecule is CC(=O)Cn1ncc2ncc(-c3ccc(F)c(OC(F)F)c3)cc21. The fourth-order valence-corrected chi connectivity index (χ4v) is 2.32. The fourth-order valence-electron chi connectivity index (χ4n) is 2.32. The molecule has 2 heterocycles. The van der Waals surface area contributed by atoms with Gasteiger partial charge < -0.3 is 4.74 Å². The highest BCUT2D eigenvalue weighted by molar-refractivity contribution is 5.83. The van der Waals surface area contributed by atoms with Crippen LogP contribution in [0.25, 0.3) is 22.2 Å². The molecule has 0 spiro atoms. The summed E-state index contributed by atoms with van der Waals surface area (Å²) < 4.78 is 43.9. The van der Waals surface area contributed by atoms with Crippen LogP contribution in [0.4, 0.5) is 13.2 Å². The lowest BCUT2D eigenvalue weighted by Crippen LogP contribution is -2.07. The van der Waals surface area contributed by atoms with E-state index in [2.05, 4.69) is 14.8 Å². The Morgan fingerprint density at radius 2 is 2.04 bits per heavy atom. The molecule has 0 aliphatic heterocycles. The topological polar surface area (TPSA) is 57.0 Å². The second-order valence-corrected chi connectivity index (χ2v) is 5.16. The van der Waals surface area contributed by atoms with Crippen LogP contribution in [0.1, 0.15) is 6.92 Å². The fraction of sp³-hybridized carbons (Fsp3) is 0.188. The second kappa shape index (κ2) is 6.31. The molecule has 124 valence electrons. The van der Waals surface area contributed by atoms with Gasteiger partial charge in [-0.3, -0.25) is 14.5 Å². The average molecular weight is 335 g/mol. The van der Waals surface area contributed by atoms with Crippen molar-refractivity contribution in [3.63, 3.8) is 0 Å². The summed E-state index contributed by atoms with van der Waals surface area (Å²) in [4.78, 5) is 15.5. The van der Waals surface area contributed by atoms with Gasteiger partial charge in [0.1, 0.15) is 5.52 Å². The number of carbonyl (C=O) groups is 1. The molecule has 24 heavy (non-hydrogen) atoms. The Balaban J connectivity index is 2.04. The number of fused-ring (bicyclic) bond motifs is 1. The molecule has 0 fully saturated rings. The molecule has 0 saturated heterocycles. The van der Waals surface area contributed by atoms with Crippen molar-refractivity contribution in [3.05, 3.63) is 42.5 Å². The molecule has 0 amide bonds. The van der Waals surface area contributed by atoms with Gasteiger partial charge in [0.2, 0.25) is 0 Å². The van der Waals surface area contributed by atoms with Gasteiger partial charge >= 0.3 is 6.61 Å². The number of hydrogen-bond donors (Lipinski definition) is 0. The number of benzene rings is 1. The van der Waals surface area contributed by atoms with Gasteiger partial charge in [0, 0.05) is 11.8 Å². The molecule has 0 bridgehead atoms. The van der Waals surface area contributed by atoms with Crippen LogP contribution in [-0.4, -0.2) is 27.2 Å². The van der Waals surface area contributed by atoms with Crippen LogP contribution in [0.3, 0.4) is 0 Å². The van der Waals surface area contributed by atoms with Crippen molar-refractivity contribution in [2.75, 3.05) is 0 Å². The lowest BCUT2D eigenvalue weighted by Gasteiger charge is -2.08. The van der Waals surface area contributed by atoms with E-state index in [1.807, 2.05) is 0 Å². The third-order valence-electron chi connectivity index (χ3n) is 3.35. The molecule has 0 radical (unpaired) electrons. The molecule has 0 saturated carbocycles. The zero-order chi connectivity index (χ0) is 17.3. The number of nitrogens with zero attached hydrogens (tertiary/aromatic N) is 3. The lowest BCUT2D eigenvalue weighted by atomic mass is 10.1. The summed E-state index contributed by atoms with van der Waals surface area (Å²) in [5.74, 6) is -1.49. The van der Waals surface area contributed by atoms with Gasteiger partial charge in [-0.15, -0.1) is 0 Å². The van der Waals surface area contributed by atoms with E-state index in [1.165, 1.54) is 36.1 Å². The molecule has 2 aromatic heterocycles. The van der Waals surface area contributed by atoms with Gasteiger partial charge in [-0.25, -0.2) is 4.39 Å². The molecule has 3 rings (SSSR count). The number of alkyl halides is 2. The third kappa shape index (κ3) is 3.22. The predicted octanol–water partition coefficient (Wildman–Crippen LogP) is 3.43. The number of ketones is 1. The van der Waals surface area contributed by atoms with Crippen molar-refractivity contribution in [1.82, 2.24) is 14.8 Å². The van der Waals surface area contributed by atoms with Crippen molar-refractivity contribution in [3.8, 4) is 16.9 Å². The van der Waals surface area contributed by atoms with E-state index in [-0.39, 0.29) is 12.3 Å². The first-order valence-electron chi connectivity index (χ1n) is 7.00. The Kier molecular flexibility index (Phi) is 4.20. The van der Waals surface area contributed by atoms with Crippen LogP contribution < -0.4 is 4.74 Å². The van der Waals surface area contributed by atoms with E-state index < -0.39 is 18.2 Å². The predicted molar refractivity (Wildman–Crippen MR) is 80.2 cm³/mol. The summed E-state index contributed by atoms with van der Waals surface area (Å²) in [7, 11) is 0. The molecular weight excluding hydrogens is 323 g/mol. The summed E-state index contributed by atoms with van der Waals surface area (Å²) in [6.07, 6.45) is 3.04. The Labute approximate surface area is 134 Å². The highest BCUT2D eigenvalue weighted by atomic mass is 19.3. The molecule has 8 heteroatoms. The summed E-state index contributed by atoms with van der Waals surface area (Å²) >= 11 is 0. The largest absolute Gasteiger partial charge is 0.432 e. The minimum atomic E-state index is -3.12. The molecule has 5 nitrogen and oxygen atoms in total. The van der Waals surface area contributed by atoms with Gasteiger partial charge in [0.05, 0.1) is 18.3 Å². The molecule has 3 aromatic rings. The highest BCUT2D eigenvalue weighted by Gasteiger charge is 2.13. The average Bonchev–Trinajstić information content (AvgIpc) is 2.91. The minimum absolute atomic E-state index is 0.0696. The summed E-state index contributed by atoms with van der Waals surface area (Å²) in [5.41, 5.74) is 2.22. The summed E-state index contributed by atoms with van der Waals surface area (Å²) in [6, 6.07) is 5.36. The van der Waals surface area contributed by atoms with Crippen LogP contribution in [-0.2, 0) is 11.3 Å². The van der Waals surface area contributed by atoms with E-state index in [1.54, 1.807) is 6.07 Å². The number of carbonyl (C=O) groups excluding carboxylic acids is 1. The molecule has 0 aliphatic rings. The van der Waals surface area contributed by atoms with E-state index in [0.717, 1.165) is 6.07 Å². The minimum Gasteiger partial charge on any atom is -0.432 e. The van der Waals surface area contributed by atoms with Gasteiger partial charge in [-0.1, -0.05) is 6.07 Å². The van der Waals surface area contributed by atoms with Crippen LogP contribution in [0.15, 0.2) is 36.7 Å². The number of pyridine rings is 1. The van der Waals surface area contributed by atoms with E-state index >= 15 is 0 Å². The quantitative estimate of drug-likeness (QED) is 0.717. The molecule has 0 N–H and O–H groups in total. The van der Waals surface area contributed by atoms with Crippen LogP contribution in [0.2, 0.25) is 0 Å². The number of aromatic nitrogens is 3. The highest BCUT2D eigenvalue weighted by Crippen LogP contribution is 2.28. The molecular formula is C16H12F3N3O2. The third-order valence-corrected chi connectivity index (χ3v) is 3.35. The Morgan fingerprint density at radius 3 is 2.75 bits per heavy atom.